The van der Waals surface area contributed by atoms with E-state index in [1.807, 2.05) is 0 Å². The Morgan fingerprint density at radius 1 is 0.565 bits per heavy atom. The van der Waals surface area contributed by atoms with E-state index >= 15 is 0 Å². The summed E-state index contributed by atoms with van der Waals surface area (Å²) in [6.45, 7) is 0. The Labute approximate surface area is 170 Å². The van der Waals surface area contributed by atoms with Crippen LogP contribution in [0, 0.1) is 0 Å². The Hall–Kier alpha value is -1.78. The second-order valence-electron chi connectivity index (χ2n) is 4.36. The van der Waals surface area contributed by atoms with Gasteiger partial charge in [-0.25, -0.2) is 19.2 Å². The van der Waals surface area contributed by atoms with Crippen LogP contribution >= 0.6 is 0 Å². The molecule has 114 valence electrons. The van der Waals surface area contributed by atoms with Crippen molar-refractivity contribution < 1.29 is 39.6 Å². The zero-order chi connectivity index (χ0) is 16.6. The van der Waals surface area contributed by atoms with Gasteiger partial charge in [-0.05, 0) is 35.0 Å². The number of fused-ring (bicyclic) bond motifs is 1. The van der Waals surface area contributed by atoms with Crippen LogP contribution in [0.4, 0.5) is 0 Å². The molecule has 0 aliphatic heterocycles. The van der Waals surface area contributed by atoms with E-state index in [4.69, 9.17) is 20.4 Å². The molecular weight excluding hydrogens is 335 g/mol. The Kier molecular flexibility index (Phi) is 6.02. The fourth-order valence-corrected chi connectivity index (χ4v) is 2.06. The van der Waals surface area contributed by atoms with E-state index in [0.29, 0.717) is 0 Å². The van der Waals surface area contributed by atoms with Gasteiger partial charge < -0.3 is 20.4 Å². The number of carboxylic acid groups (broad SMARTS) is 4. The molecule has 0 bridgehead atoms. The molecule has 0 heterocycles. The molecule has 0 saturated heterocycles. The van der Waals surface area contributed by atoms with Gasteiger partial charge in [-0.1, -0.05) is 0 Å². The molecule has 0 spiro atoms. The van der Waals surface area contributed by atoms with Crippen LogP contribution in [0.15, 0.2) is 24.3 Å². The number of benzene rings is 2. The normalized spacial score (nSPS) is 9.91. The first-order valence-corrected chi connectivity index (χ1v) is 5.77. The van der Waals surface area contributed by atoms with Gasteiger partial charge in [-0.3, -0.25) is 0 Å². The standard InChI is InChI=1S/C14H8O8.K.H/c15-11(16)5-1-7-8(10(3-5)14(21)22)2-6(12(17)18)4-9(7)13(19)20;;/h1-4H,(H,15,16)(H,17,18)(H,19,20)(H,21,22);;. The zero-order valence-corrected chi connectivity index (χ0v) is 10.7. The van der Waals surface area contributed by atoms with Crippen molar-refractivity contribution in [3.63, 3.8) is 0 Å². The van der Waals surface area contributed by atoms with Crippen molar-refractivity contribution in [2.75, 3.05) is 0 Å². The molecule has 8 nitrogen and oxygen atoms in total. The van der Waals surface area contributed by atoms with E-state index in [9.17, 15) is 19.2 Å². The zero-order valence-electron chi connectivity index (χ0n) is 10.7. The van der Waals surface area contributed by atoms with Crippen LogP contribution in [0.3, 0.4) is 0 Å². The average molecular weight is 344 g/mol. The summed E-state index contributed by atoms with van der Waals surface area (Å²) in [7, 11) is 0. The van der Waals surface area contributed by atoms with Gasteiger partial charge in [0.2, 0.25) is 0 Å². The summed E-state index contributed by atoms with van der Waals surface area (Å²) in [5, 5.41) is 36.0. The molecule has 0 aliphatic carbocycles. The van der Waals surface area contributed by atoms with Crippen LogP contribution in [0.2, 0.25) is 0 Å². The first kappa shape index (κ1) is 19.3. The number of hydrogen-bond acceptors (Lipinski definition) is 4. The van der Waals surface area contributed by atoms with Crippen LogP contribution < -0.4 is 0 Å². The molecule has 2 rings (SSSR count). The molecule has 0 amide bonds. The van der Waals surface area contributed by atoms with E-state index < -0.39 is 46.1 Å². The Morgan fingerprint density at radius 2 is 0.870 bits per heavy atom. The fourth-order valence-electron chi connectivity index (χ4n) is 2.06. The van der Waals surface area contributed by atoms with E-state index in [1.54, 1.807) is 0 Å². The average Bonchev–Trinajstić information content (AvgIpc) is 2.44. The summed E-state index contributed by atoms with van der Waals surface area (Å²) in [5.74, 6) is -5.84. The first-order chi connectivity index (χ1) is 10.2. The van der Waals surface area contributed by atoms with E-state index in [0.717, 1.165) is 24.3 Å². The molecule has 0 aromatic heterocycles. The molecule has 0 atom stereocenters. The maximum absolute atomic E-state index is 11.3. The molecule has 0 fully saturated rings. The molecule has 9 heteroatoms. The van der Waals surface area contributed by atoms with Crippen molar-refractivity contribution in [1.29, 1.82) is 0 Å². The number of hydrogen-bond donors (Lipinski definition) is 4. The summed E-state index contributed by atoms with van der Waals surface area (Å²) in [5.41, 5.74) is -1.79. The second-order valence-corrected chi connectivity index (χ2v) is 4.36. The van der Waals surface area contributed by atoms with Crippen LogP contribution in [-0.2, 0) is 0 Å². The monoisotopic (exact) mass is 344 g/mol. The van der Waals surface area contributed by atoms with Crippen LogP contribution in [0.5, 0.6) is 0 Å². The third-order valence-electron chi connectivity index (χ3n) is 3.02. The van der Waals surface area contributed by atoms with Crippen molar-refractivity contribution >= 4 is 86.0 Å². The Morgan fingerprint density at radius 3 is 1.09 bits per heavy atom. The number of rotatable bonds is 4. The maximum atomic E-state index is 11.3. The molecule has 0 saturated carbocycles. The molecule has 2 aromatic carbocycles. The third-order valence-corrected chi connectivity index (χ3v) is 3.02. The van der Waals surface area contributed by atoms with E-state index in [1.165, 1.54) is 0 Å². The third kappa shape index (κ3) is 3.76. The number of carbonyl (C=O) groups is 4. The quantitative estimate of drug-likeness (QED) is 0.600. The minimum absolute atomic E-state index is 0. The van der Waals surface area contributed by atoms with Gasteiger partial charge in [0.15, 0.2) is 0 Å². The van der Waals surface area contributed by atoms with E-state index in [-0.39, 0.29) is 62.2 Å². The Balaban J connectivity index is 0.00000264. The molecule has 0 aliphatic rings. The summed E-state index contributed by atoms with van der Waals surface area (Å²) < 4.78 is 0. The summed E-state index contributed by atoms with van der Waals surface area (Å²) in [6.07, 6.45) is 0. The van der Waals surface area contributed by atoms with E-state index in [2.05, 4.69) is 0 Å². The van der Waals surface area contributed by atoms with Gasteiger partial charge in [0.25, 0.3) is 0 Å². The summed E-state index contributed by atoms with van der Waals surface area (Å²) >= 11 is 0. The molecular formula is C14H9KO8. The van der Waals surface area contributed by atoms with Gasteiger partial charge in [-0.15, -0.1) is 0 Å². The second kappa shape index (κ2) is 7.19. The number of carboxylic acids is 4. The van der Waals surface area contributed by atoms with Crippen molar-refractivity contribution in [3.05, 3.63) is 46.5 Å². The van der Waals surface area contributed by atoms with Crippen LogP contribution in [0.25, 0.3) is 10.8 Å². The topological polar surface area (TPSA) is 149 Å². The van der Waals surface area contributed by atoms with Crippen molar-refractivity contribution in [2.24, 2.45) is 0 Å². The molecule has 0 radical (unpaired) electrons. The number of aromatic carboxylic acids is 4. The van der Waals surface area contributed by atoms with Gasteiger partial charge in [0, 0.05) is 0 Å². The van der Waals surface area contributed by atoms with Crippen molar-refractivity contribution in [1.82, 2.24) is 0 Å². The predicted octanol–water partition coefficient (Wildman–Crippen LogP) is 0.984. The van der Waals surface area contributed by atoms with Gasteiger partial charge in [0.05, 0.1) is 22.3 Å². The summed E-state index contributed by atoms with van der Waals surface area (Å²) in [6, 6.07) is 3.70. The minimum atomic E-state index is -1.49. The molecule has 23 heavy (non-hydrogen) atoms. The molecule has 2 aromatic rings. The molecule has 4 N–H and O–H groups in total. The summed E-state index contributed by atoms with van der Waals surface area (Å²) in [4.78, 5) is 44.6. The SMILES string of the molecule is O=C(O)c1cc(C(=O)O)c2cc(C(=O)O)cc(C(=O)O)c2c1.[KH]. The van der Waals surface area contributed by atoms with Crippen molar-refractivity contribution in [3.8, 4) is 0 Å². The van der Waals surface area contributed by atoms with Gasteiger partial charge >= 0.3 is 75.3 Å². The molecule has 0 unspecified atom stereocenters. The Bertz CT molecular complexity index is 784. The predicted molar refractivity (Wildman–Crippen MR) is 78.9 cm³/mol. The van der Waals surface area contributed by atoms with Crippen LogP contribution in [-0.4, -0.2) is 95.7 Å². The van der Waals surface area contributed by atoms with Crippen molar-refractivity contribution in [2.45, 2.75) is 0 Å². The van der Waals surface area contributed by atoms with Gasteiger partial charge in [-0.2, -0.15) is 0 Å². The first-order valence-electron chi connectivity index (χ1n) is 5.77. The van der Waals surface area contributed by atoms with Crippen LogP contribution in [0.1, 0.15) is 41.4 Å². The van der Waals surface area contributed by atoms with Gasteiger partial charge in [0.1, 0.15) is 0 Å². The fraction of sp³-hybridized carbons (Fsp3) is 0.